The van der Waals surface area contributed by atoms with Crippen molar-refractivity contribution >= 4 is 11.6 Å². The molecule has 1 N–H and O–H groups in total. The van der Waals surface area contributed by atoms with Gasteiger partial charge in [0.2, 0.25) is 5.88 Å². The number of hydrogen-bond donors (Lipinski definition) is 1. The van der Waals surface area contributed by atoms with Crippen molar-refractivity contribution in [1.82, 2.24) is 4.98 Å². The van der Waals surface area contributed by atoms with E-state index in [1.165, 1.54) is 7.11 Å². The first-order valence-corrected chi connectivity index (χ1v) is 11.1. The van der Waals surface area contributed by atoms with Crippen LogP contribution >= 0.6 is 0 Å². The molecular formula is C29H25N3O3. The number of aryl methyl sites for hydroxylation is 2. The maximum absolute atomic E-state index is 13.5. The fourth-order valence-electron chi connectivity index (χ4n) is 3.79. The summed E-state index contributed by atoms with van der Waals surface area (Å²) in [5.74, 6) is 0.533. The summed E-state index contributed by atoms with van der Waals surface area (Å²) in [6, 6.07) is 22.5. The molecule has 3 aromatic carbocycles. The Hall–Kier alpha value is -4.63. The Kier molecular flexibility index (Phi) is 6.79. The fourth-order valence-corrected chi connectivity index (χ4v) is 3.79. The van der Waals surface area contributed by atoms with E-state index in [4.69, 9.17) is 9.47 Å². The number of carbonyl (C=O) groups is 1. The zero-order valence-electron chi connectivity index (χ0n) is 20.0. The van der Waals surface area contributed by atoms with Crippen LogP contribution in [0.1, 0.15) is 32.6 Å². The fraction of sp³-hybridized carbons (Fsp3) is 0.138. The first-order valence-electron chi connectivity index (χ1n) is 11.1. The number of nitrogens with one attached hydrogen (secondary N) is 1. The van der Waals surface area contributed by atoms with E-state index in [-0.39, 0.29) is 11.8 Å². The lowest BCUT2D eigenvalue weighted by atomic mass is 9.97. The summed E-state index contributed by atoms with van der Waals surface area (Å²) < 4.78 is 11.5. The molecule has 4 rings (SSSR count). The van der Waals surface area contributed by atoms with Gasteiger partial charge in [-0.1, -0.05) is 42.0 Å². The summed E-state index contributed by atoms with van der Waals surface area (Å²) in [7, 11) is 1.49. The van der Waals surface area contributed by atoms with Crippen molar-refractivity contribution < 1.29 is 14.3 Å². The molecule has 0 radical (unpaired) electrons. The van der Waals surface area contributed by atoms with Gasteiger partial charge in [-0.25, -0.2) is 4.98 Å². The molecule has 6 heteroatoms. The average molecular weight is 464 g/mol. The maximum atomic E-state index is 13.5. The second-order valence-electron chi connectivity index (χ2n) is 8.25. The van der Waals surface area contributed by atoms with E-state index < -0.39 is 0 Å². The summed E-state index contributed by atoms with van der Waals surface area (Å²) in [5.41, 5.74) is 6.12. The van der Waals surface area contributed by atoms with Crippen LogP contribution in [0.15, 0.2) is 72.9 Å². The van der Waals surface area contributed by atoms with Gasteiger partial charge in [0, 0.05) is 23.5 Å². The minimum Gasteiger partial charge on any atom is -0.493 e. The minimum absolute atomic E-state index is 0.145. The molecule has 6 nitrogen and oxygen atoms in total. The number of carbonyl (C=O) groups excluding carboxylic acids is 1. The number of aromatic nitrogens is 1. The van der Waals surface area contributed by atoms with Gasteiger partial charge >= 0.3 is 0 Å². The van der Waals surface area contributed by atoms with E-state index in [9.17, 15) is 10.1 Å². The van der Waals surface area contributed by atoms with Crippen molar-refractivity contribution in [3.63, 3.8) is 0 Å². The van der Waals surface area contributed by atoms with Crippen LogP contribution in [0.5, 0.6) is 17.4 Å². The van der Waals surface area contributed by atoms with E-state index in [1.807, 2.05) is 69.3 Å². The van der Waals surface area contributed by atoms with Crippen molar-refractivity contribution in [2.45, 2.75) is 20.8 Å². The number of hydrogen-bond acceptors (Lipinski definition) is 5. The second kappa shape index (κ2) is 10.1. The van der Waals surface area contributed by atoms with Crippen molar-refractivity contribution in [2.75, 3.05) is 12.4 Å². The molecule has 1 amide bonds. The smallest absolute Gasteiger partial charge is 0.261 e. The molecule has 0 aliphatic rings. The largest absolute Gasteiger partial charge is 0.493 e. The zero-order chi connectivity index (χ0) is 24.9. The minimum atomic E-state index is -0.336. The maximum Gasteiger partial charge on any atom is 0.261 e. The molecule has 0 bridgehead atoms. The van der Waals surface area contributed by atoms with E-state index in [0.717, 1.165) is 27.8 Å². The molecule has 0 saturated carbocycles. The van der Waals surface area contributed by atoms with Crippen LogP contribution in [-0.4, -0.2) is 18.0 Å². The van der Waals surface area contributed by atoms with E-state index in [0.29, 0.717) is 28.3 Å². The Bertz CT molecular complexity index is 1440. The van der Waals surface area contributed by atoms with Crippen molar-refractivity contribution in [3.8, 4) is 34.6 Å². The van der Waals surface area contributed by atoms with Gasteiger partial charge < -0.3 is 14.8 Å². The lowest BCUT2D eigenvalue weighted by molar-refractivity contribution is 0.102. The highest BCUT2D eigenvalue weighted by atomic mass is 16.5. The normalized spacial score (nSPS) is 10.4. The molecule has 0 aliphatic heterocycles. The molecule has 0 unspecified atom stereocenters. The Balaban J connectivity index is 1.81. The Labute approximate surface area is 204 Å². The third-order valence-electron chi connectivity index (χ3n) is 5.67. The molecule has 1 aromatic heterocycles. The van der Waals surface area contributed by atoms with Crippen molar-refractivity contribution in [2.24, 2.45) is 0 Å². The number of nitrogens with zero attached hydrogens (tertiary/aromatic N) is 2. The predicted molar refractivity (Wildman–Crippen MR) is 136 cm³/mol. The first kappa shape index (κ1) is 23.5. The van der Waals surface area contributed by atoms with E-state index >= 15 is 0 Å². The van der Waals surface area contributed by atoms with Gasteiger partial charge in [-0.3, -0.25) is 4.79 Å². The molecule has 0 atom stereocenters. The molecular weight excluding hydrogens is 438 g/mol. The molecule has 0 saturated heterocycles. The number of anilines is 1. The van der Waals surface area contributed by atoms with Gasteiger partial charge in [0.05, 0.1) is 18.7 Å². The summed E-state index contributed by atoms with van der Waals surface area (Å²) in [4.78, 5) is 18.1. The monoisotopic (exact) mass is 463 g/mol. The van der Waals surface area contributed by atoms with Crippen LogP contribution in [0.4, 0.5) is 5.69 Å². The first-order chi connectivity index (χ1) is 16.9. The molecule has 4 aromatic rings. The Morgan fingerprint density at radius 3 is 2.40 bits per heavy atom. The molecule has 1 heterocycles. The third-order valence-corrected chi connectivity index (χ3v) is 5.67. The van der Waals surface area contributed by atoms with Gasteiger partial charge in [0.25, 0.3) is 5.91 Å². The summed E-state index contributed by atoms with van der Waals surface area (Å²) in [6.07, 6.45) is 1.70. The van der Waals surface area contributed by atoms with Gasteiger partial charge in [-0.05, 0) is 61.7 Å². The van der Waals surface area contributed by atoms with Crippen LogP contribution in [-0.2, 0) is 0 Å². The molecule has 0 aliphatic carbocycles. The number of rotatable bonds is 6. The number of methoxy groups -OCH3 is 1. The van der Waals surface area contributed by atoms with Crippen molar-refractivity contribution in [3.05, 3.63) is 101 Å². The zero-order valence-corrected chi connectivity index (χ0v) is 20.0. The quantitative estimate of drug-likeness (QED) is 0.348. The number of benzene rings is 3. The number of pyridine rings is 1. The molecule has 174 valence electrons. The molecule has 0 spiro atoms. The Morgan fingerprint density at radius 1 is 0.943 bits per heavy atom. The van der Waals surface area contributed by atoms with Gasteiger partial charge in [-0.2, -0.15) is 5.26 Å². The lowest BCUT2D eigenvalue weighted by Gasteiger charge is -2.17. The SMILES string of the molecule is COc1cc(C#N)ccc1Oc1ncc(-c2ccc(C)cc2)c(C)c1C(=O)Nc1cccc(C)c1. The van der Waals surface area contributed by atoms with Crippen LogP contribution < -0.4 is 14.8 Å². The van der Waals surface area contributed by atoms with Gasteiger partial charge in [0.15, 0.2) is 11.5 Å². The topological polar surface area (TPSA) is 84.2 Å². The third kappa shape index (κ3) is 5.15. The molecule has 0 fully saturated rings. The standard InChI is InChI=1S/C29H25N3O3/c1-18-8-11-22(12-9-18)24-17-31-29(35-25-13-10-21(16-30)15-26(25)34-4)27(20(24)3)28(33)32-23-7-5-6-19(2)14-23/h5-15,17H,1-4H3,(H,32,33). The highest BCUT2D eigenvalue weighted by molar-refractivity contribution is 6.08. The summed E-state index contributed by atoms with van der Waals surface area (Å²) >= 11 is 0. The highest BCUT2D eigenvalue weighted by Gasteiger charge is 2.22. The second-order valence-corrected chi connectivity index (χ2v) is 8.25. The number of nitriles is 1. The van der Waals surface area contributed by atoms with Gasteiger partial charge in [0.1, 0.15) is 5.56 Å². The van der Waals surface area contributed by atoms with Crippen LogP contribution in [0.3, 0.4) is 0 Å². The van der Waals surface area contributed by atoms with Crippen molar-refractivity contribution in [1.29, 1.82) is 5.26 Å². The van der Waals surface area contributed by atoms with Gasteiger partial charge in [-0.15, -0.1) is 0 Å². The highest BCUT2D eigenvalue weighted by Crippen LogP contribution is 2.36. The lowest BCUT2D eigenvalue weighted by Crippen LogP contribution is -2.16. The summed E-state index contributed by atoms with van der Waals surface area (Å²) in [6.45, 7) is 5.87. The van der Waals surface area contributed by atoms with Crippen LogP contribution in [0.25, 0.3) is 11.1 Å². The van der Waals surface area contributed by atoms with Crippen LogP contribution in [0, 0.1) is 32.1 Å². The summed E-state index contributed by atoms with van der Waals surface area (Å²) in [5, 5.41) is 12.2. The Morgan fingerprint density at radius 2 is 1.71 bits per heavy atom. The van der Waals surface area contributed by atoms with E-state index in [1.54, 1.807) is 24.4 Å². The molecule has 35 heavy (non-hydrogen) atoms. The number of amides is 1. The average Bonchev–Trinajstić information content (AvgIpc) is 2.85. The van der Waals surface area contributed by atoms with E-state index in [2.05, 4.69) is 16.4 Å². The predicted octanol–water partition coefficient (Wildman–Crippen LogP) is 6.60. The van der Waals surface area contributed by atoms with Crippen LogP contribution in [0.2, 0.25) is 0 Å². The number of ether oxygens (including phenoxy) is 2.